The van der Waals surface area contributed by atoms with Gasteiger partial charge in [0.15, 0.2) is 30.4 Å². The van der Waals surface area contributed by atoms with Gasteiger partial charge in [0.05, 0.1) is 0 Å². The molecule has 22 heteroatoms. The van der Waals surface area contributed by atoms with Gasteiger partial charge < -0.3 is 0 Å². The summed E-state index contributed by atoms with van der Waals surface area (Å²) in [5.41, 5.74) is -9.79. The van der Waals surface area contributed by atoms with Crippen LogP contribution in [0.15, 0.2) is 60.7 Å². The van der Waals surface area contributed by atoms with Crippen LogP contribution in [-0.4, -0.2) is 6.15 Å². The van der Waals surface area contributed by atoms with E-state index < -0.39 is 138 Å². The third-order valence-electron chi connectivity index (χ3n) is 8.39. The maximum absolute atomic E-state index is 16.1. The van der Waals surface area contributed by atoms with Crippen molar-refractivity contribution in [1.82, 2.24) is 0 Å². The molecule has 0 radical (unpaired) electrons. The molecule has 6 aromatic rings. The fourth-order valence-corrected chi connectivity index (χ4v) is 9.99. The van der Waals surface area contributed by atoms with E-state index in [0.717, 1.165) is 0 Å². The van der Waals surface area contributed by atoms with Crippen LogP contribution in [0.25, 0.3) is 0 Å². The molecule has 0 aromatic heterocycles. The minimum absolute atomic E-state index is 0.0287. The summed E-state index contributed by atoms with van der Waals surface area (Å²) in [4.78, 5) is 0. The molecule has 0 saturated carbocycles. The maximum atomic E-state index is 16.1. The Bertz CT molecular complexity index is 2180. The van der Waals surface area contributed by atoms with E-state index >= 15 is 35.1 Å². The summed E-state index contributed by atoms with van der Waals surface area (Å²) in [7, 11) is 0. The van der Waals surface area contributed by atoms with Gasteiger partial charge in [0.1, 0.15) is 92.9 Å². The number of halogens is 21. The summed E-state index contributed by atoms with van der Waals surface area (Å²) in [5.74, 6) is -30.0. The molecule has 0 spiro atoms. The molecule has 0 aliphatic heterocycles. The largest absolute Gasteiger partial charge is 0.357 e. The van der Waals surface area contributed by atoms with E-state index in [0.29, 0.717) is 0 Å². The molecule has 0 fully saturated rings. The molecule has 0 atom stereocenters. The van der Waals surface area contributed by atoms with Crippen LogP contribution in [0.2, 0.25) is 40.2 Å². The molecule has 6 aromatic carbocycles. The number of hydrogen-bond donors (Lipinski definition) is 0. The zero-order chi connectivity index (χ0) is 43.3. The first-order valence-corrected chi connectivity index (χ1v) is 20.3. The molecule has 0 heterocycles. The average molecular weight is 1090 g/mol. The molecular formula is C36H10BCl8F12I. The van der Waals surface area contributed by atoms with Crippen LogP contribution in [0.1, 0.15) is 0 Å². The van der Waals surface area contributed by atoms with Crippen molar-refractivity contribution in [3.63, 3.8) is 0 Å². The molecule has 304 valence electrons. The second-order valence-corrected chi connectivity index (χ2v) is 17.5. The highest BCUT2D eigenvalue weighted by Crippen LogP contribution is 2.38. The second-order valence-electron chi connectivity index (χ2n) is 11.5. The highest BCUT2D eigenvalue weighted by Gasteiger charge is 2.51. The van der Waals surface area contributed by atoms with Crippen molar-refractivity contribution in [2.24, 2.45) is 0 Å². The summed E-state index contributed by atoms with van der Waals surface area (Å²) in [6, 6.07) is 21.4. The first kappa shape index (κ1) is 46.7. The van der Waals surface area contributed by atoms with Crippen LogP contribution < -0.4 is 43.1 Å². The van der Waals surface area contributed by atoms with Crippen LogP contribution >= 0.6 is 92.8 Å². The van der Waals surface area contributed by atoms with Gasteiger partial charge >= 0.3 is 21.2 Å². The van der Waals surface area contributed by atoms with Gasteiger partial charge in [0.25, 0.3) is 0 Å². The zero-order valence-electron chi connectivity index (χ0n) is 27.3. The van der Waals surface area contributed by atoms with Crippen molar-refractivity contribution >= 4 is 121 Å². The van der Waals surface area contributed by atoms with Crippen molar-refractivity contribution in [3.05, 3.63) is 178 Å². The Labute approximate surface area is 369 Å². The minimum atomic E-state index is -5.97. The Balaban J connectivity index is 0.000000414. The third-order valence-corrected chi connectivity index (χ3v) is 13.7. The van der Waals surface area contributed by atoms with Gasteiger partial charge in [-0.15, -0.1) is 21.9 Å². The zero-order valence-corrected chi connectivity index (χ0v) is 35.5. The van der Waals surface area contributed by atoms with Crippen LogP contribution in [0, 0.1) is 76.9 Å². The Morgan fingerprint density at radius 1 is 0.276 bits per heavy atom. The quantitative estimate of drug-likeness (QED) is 0.0513. The molecule has 0 N–H and O–H groups in total. The van der Waals surface area contributed by atoms with E-state index in [1.54, 1.807) is 0 Å². The van der Waals surface area contributed by atoms with Gasteiger partial charge in [-0.2, -0.15) is 0 Å². The van der Waals surface area contributed by atoms with Crippen LogP contribution in [-0.2, 0) is 0 Å². The lowest BCUT2D eigenvalue weighted by atomic mass is 9.12. The van der Waals surface area contributed by atoms with E-state index in [9.17, 15) is 17.6 Å². The van der Waals surface area contributed by atoms with E-state index in [4.69, 9.17) is 92.8 Å². The van der Waals surface area contributed by atoms with Crippen molar-refractivity contribution in [1.29, 1.82) is 0 Å². The van der Waals surface area contributed by atoms with Gasteiger partial charge in [-0.1, -0.05) is 129 Å². The number of benzene rings is 6. The summed E-state index contributed by atoms with van der Waals surface area (Å²) in [6.07, 6.45) is -5.97. The van der Waals surface area contributed by atoms with Gasteiger partial charge in [0, 0.05) is 0 Å². The van der Waals surface area contributed by atoms with E-state index in [-0.39, 0.29) is 21.2 Å². The second kappa shape index (κ2) is 18.3. The highest BCUT2D eigenvalue weighted by atomic mass is 127. The van der Waals surface area contributed by atoms with E-state index in [1.165, 1.54) is 7.14 Å². The topological polar surface area (TPSA) is 0 Å². The van der Waals surface area contributed by atoms with E-state index in [2.05, 4.69) is 60.7 Å². The fraction of sp³-hybridized carbons (Fsp3) is 0. The molecule has 58 heavy (non-hydrogen) atoms. The first-order chi connectivity index (χ1) is 27.2. The molecular weight excluding hydrogens is 1080 g/mol. The molecule has 0 saturated heterocycles. The Morgan fingerprint density at radius 3 is 0.621 bits per heavy atom. The Morgan fingerprint density at radius 2 is 0.448 bits per heavy atom. The molecule has 0 amide bonds. The normalized spacial score (nSPS) is 11.5. The van der Waals surface area contributed by atoms with Crippen LogP contribution in [0.5, 0.6) is 0 Å². The van der Waals surface area contributed by atoms with Gasteiger partial charge in [-0.25, -0.2) is 52.7 Å². The lowest BCUT2D eigenvalue weighted by Gasteiger charge is -2.45. The standard InChI is InChI=1S/C24BCl8F12.C12H10I/c26-5-13(34)1(14(35)6(27)21(5)42)25(2-15(36)7(28)22(43)8(29)16(2)37,3-17(38)9(30)23(44)10(31)18(3)39)4-19(40)11(32)24(45)12(33)20(4)41;1-3-7-11(8-4-1)13-12-9-5-2-6-10-12/h;1-10H/q-1;+1. The minimum Gasteiger partial charge on any atom is -0.209 e. The summed E-state index contributed by atoms with van der Waals surface area (Å²) in [6.45, 7) is 0. The van der Waals surface area contributed by atoms with Crippen LogP contribution in [0.3, 0.4) is 0 Å². The maximum Gasteiger partial charge on any atom is 0.357 e. The lowest BCUT2D eigenvalue weighted by molar-refractivity contribution is -0.597. The van der Waals surface area contributed by atoms with Crippen molar-refractivity contribution < 1.29 is 73.9 Å². The summed E-state index contributed by atoms with van der Waals surface area (Å²) in [5, 5.41) is -15.6. The van der Waals surface area contributed by atoms with Crippen molar-refractivity contribution in [3.8, 4) is 0 Å². The van der Waals surface area contributed by atoms with Gasteiger partial charge in [-0.05, 0) is 24.3 Å². The molecule has 0 bridgehead atoms. The molecule has 0 unspecified atom stereocenters. The predicted octanol–water partition coefficient (Wildman–Crippen LogP) is 9.78. The molecule has 0 aliphatic rings. The first-order valence-electron chi connectivity index (χ1n) is 15.1. The SMILES string of the molecule is Fc1c(Cl)c(F)c([B-](c2c(F)c(Cl)c(F)c(Cl)c2F)(c2c(F)c(Cl)c(F)c(Cl)c2F)c2c(F)c(Cl)c(F)c(Cl)c2F)c(F)c1Cl.c1ccc([I+]c2ccccc2)cc1. The van der Waals surface area contributed by atoms with Crippen molar-refractivity contribution in [2.45, 2.75) is 0 Å². The molecule has 0 nitrogen and oxygen atoms in total. The lowest BCUT2D eigenvalue weighted by Crippen LogP contribution is -3.61. The Hall–Kier alpha value is -2.41. The number of hydrogen-bond acceptors (Lipinski definition) is 0. The highest BCUT2D eigenvalue weighted by molar-refractivity contribution is 7.20. The predicted molar refractivity (Wildman–Crippen MR) is 200 cm³/mol. The van der Waals surface area contributed by atoms with Crippen LogP contribution in [0.4, 0.5) is 52.7 Å². The summed E-state index contributed by atoms with van der Waals surface area (Å²) >= 11 is 44.4. The molecule has 0 aliphatic carbocycles. The van der Waals surface area contributed by atoms with Gasteiger partial charge in [-0.3, -0.25) is 0 Å². The molecule has 6 rings (SSSR count). The summed E-state index contributed by atoms with van der Waals surface area (Å²) < 4.78 is 190. The van der Waals surface area contributed by atoms with Gasteiger partial charge in [0.2, 0.25) is 0 Å². The third kappa shape index (κ3) is 7.83. The number of rotatable bonds is 6. The Kier molecular flexibility index (Phi) is 14.7. The average Bonchev–Trinajstić information content (AvgIpc) is 3.21. The monoisotopic (exact) mass is 1090 g/mol. The smallest absolute Gasteiger partial charge is 0.209 e. The van der Waals surface area contributed by atoms with E-state index in [1.807, 2.05) is 0 Å². The van der Waals surface area contributed by atoms with Crippen molar-refractivity contribution in [2.75, 3.05) is 0 Å². The fourth-order valence-electron chi connectivity index (χ4n) is 5.96.